The Bertz CT molecular complexity index is 1710. The van der Waals surface area contributed by atoms with Crippen LogP contribution in [0.4, 0.5) is 10.1 Å². The maximum atomic E-state index is 14.2. The Morgan fingerprint density at radius 1 is 1.05 bits per heavy atom. The van der Waals surface area contributed by atoms with Crippen LogP contribution in [-0.2, 0) is 11.2 Å². The van der Waals surface area contributed by atoms with Gasteiger partial charge in [0.05, 0.1) is 34.0 Å². The average molecular weight is 554 g/mol. The molecular formula is C31H28FN5O2S. The van der Waals surface area contributed by atoms with Crippen LogP contribution in [0.3, 0.4) is 0 Å². The van der Waals surface area contributed by atoms with Gasteiger partial charge in [-0.3, -0.25) is 9.59 Å². The zero-order valence-electron chi connectivity index (χ0n) is 22.1. The molecule has 7 nitrogen and oxygen atoms in total. The van der Waals surface area contributed by atoms with Gasteiger partial charge in [0.25, 0.3) is 5.91 Å². The number of anilines is 1. The summed E-state index contributed by atoms with van der Waals surface area (Å²) in [5, 5.41) is 6.16. The van der Waals surface area contributed by atoms with Crippen molar-refractivity contribution in [1.29, 1.82) is 0 Å². The predicted octanol–water partition coefficient (Wildman–Crippen LogP) is 5.80. The molecule has 40 heavy (non-hydrogen) atoms. The van der Waals surface area contributed by atoms with E-state index in [1.807, 2.05) is 53.4 Å². The second-order valence-electron chi connectivity index (χ2n) is 10.1. The largest absolute Gasteiger partial charge is 0.365 e. The van der Waals surface area contributed by atoms with Gasteiger partial charge in [-0.15, -0.1) is 11.3 Å². The second-order valence-corrected chi connectivity index (χ2v) is 11.1. The van der Waals surface area contributed by atoms with Gasteiger partial charge in [-0.05, 0) is 67.8 Å². The number of rotatable bonds is 7. The van der Waals surface area contributed by atoms with E-state index in [4.69, 9.17) is 10.7 Å². The minimum Gasteiger partial charge on any atom is -0.365 e. The summed E-state index contributed by atoms with van der Waals surface area (Å²) in [6.07, 6.45) is 3.03. The maximum Gasteiger partial charge on any atom is 0.260 e. The Hall–Kier alpha value is -4.37. The fraction of sp³-hybridized carbons (Fsp3) is 0.226. The van der Waals surface area contributed by atoms with Gasteiger partial charge in [0, 0.05) is 23.0 Å². The fourth-order valence-electron chi connectivity index (χ4n) is 5.85. The number of aryl methyl sites for hydroxylation is 1. The third kappa shape index (κ3) is 4.46. The Labute approximate surface area is 235 Å². The van der Waals surface area contributed by atoms with Gasteiger partial charge in [-0.25, -0.2) is 14.1 Å². The van der Waals surface area contributed by atoms with Crippen molar-refractivity contribution < 1.29 is 14.0 Å². The average Bonchev–Trinajstić information content (AvgIpc) is 3.63. The van der Waals surface area contributed by atoms with E-state index in [9.17, 15) is 14.0 Å². The number of primary amides is 1. The van der Waals surface area contributed by atoms with E-state index < -0.39 is 5.91 Å². The minimum atomic E-state index is -0.501. The number of fused-ring (bicyclic) bond motifs is 1. The van der Waals surface area contributed by atoms with Crippen LogP contribution in [0.2, 0.25) is 0 Å². The number of nitrogens with two attached hydrogens (primary N) is 1. The van der Waals surface area contributed by atoms with Crippen LogP contribution in [0, 0.1) is 18.7 Å². The molecule has 0 bridgehead atoms. The quantitative estimate of drug-likeness (QED) is 0.276. The first-order valence-corrected chi connectivity index (χ1v) is 14.0. The number of carbonyl (C=O) groups excluding carboxylic acids is 2. The van der Waals surface area contributed by atoms with E-state index in [1.54, 1.807) is 29.9 Å². The Balaban J connectivity index is 1.42. The highest BCUT2D eigenvalue weighted by Crippen LogP contribution is 2.46. The van der Waals surface area contributed by atoms with E-state index >= 15 is 0 Å². The van der Waals surface area contributed by atoms with Crippen molar-refractivity contribution in [1.82, 2.24) is 14.8 Å². The van der Waals surface area contributed by atoms with Crippen molar-refractivity contribution in [3.05, 3.63) is 106 Å². The van der Waals surface area contributed by atoms with E-state index in [1.165, 1.54) is 23.5 Å². The second kappa shape index (κ2) is 10.3. The number of hydrogen-bond donors (Lipinski definition) is 1. The molecule has 1 saturated heterocycles. The standard InChI is InChI=1S/C31H28FN5O2S/c1-3-25-27(30-35-18(2)28(40-30)29(33)38)24(15-19-7-5-4-6-8-19)31(39)36(25)23-13-14-26-20(16-23)17-34-37(26)22-11-9-21(32)10-12-22/h4-14,16-17,24-25,27H,3,15H2,1-2H3,(H2,33,38)/t24-,25+,27-/m0/s1. The van der Waals surface area contributed by atoms with Gasteiger partial charge in [0.1, 0.15) is 10.7 Å². The summed E-state index contributed by atoms with van der Waals surface area (Å²) in [5.74, 6) is -1.33. The summed E-state index contributed by atoms with van der Waals surface area (Å²) in [6.45, 7) is 3.86. The van der Waals surface area contributed by atoms with Crippen LogP contribution < -0.4 is 10.6 Å². The summed E-state index contributed by atoms with van der Waals surface area (Å²) in [6, 6.07) is 21.9. The third-order valence-corrected chi connectivity index (χ3v) is 8.95. The molecule has 0 saturated carbocycles. The zero-order chi connectivity index (χ0) is 28.0. The molecule has 0 radical (unpaired) electrons. The van der Waals surface area contributed by atoms with Crippen molar-refractivity contribution in [2.24, 2.45) is 11.7 Å². The lowest BCUT2D eigenvalue weighted by molar-refractivity contribution is -0.120. The number of halogens is 1. The number of benzene rings is 3. The lowest BCUT2D eigenvalue weighted by Gasteiger charge is -2.27. The monoisotopic (exact) mass is 553 g/mol. The highest BCUT2D eigenvalue weighted by atomic mass is 32.1. The number of aromatic nitrogens is 3. The van der Waals surface area contributed by atoms with Crippen LogP contribution in [0.1, 0.15) is 45.2 Å². The van der Waals surface area contributed by atoms with Gasteiger partial charge in [0.15, 0.2) is 0 Å². The van der Waals surface area contributed by atoms with Gasteiger partial charge in [0.2, 0.25) is 5.91 Å². The molecule has 3 heterocycles. The van der Waals surface area contributed by atoms with Crippen molar-refractivity contribution >= 4 is 39.7 Å². The van der Waals surface area contributed by atoms with Gasteiger partial charge in [-0.2, -0.15) is 5.10 Å². The fourth-order valence-corrected chi connectivity index (χ4v) is 6.99. The van der Waals surface area contributed by atoms with Crippen LogP contribution >= 0.6 is 11.3 Å². The molecule has 2 amide bonds. The lowest BCUT2D eigenvalue weighted by atomic mass is 9.85. The van der Waals surface area contributed by atoms with Gasteiger partial charge in [-0.1, -0.05) is 37.3 Å². The Morgan fingerprint density at radius 2 is 1.77 bits per heavy atom. The van der Waals surface area contributed by atoms with Crippen LogP contribution in [0.25, 0.3) is 16.6 Å². The molecule has 3 atom stereocenters. The van der Waals surface area contributed by atoms with Crippen LogP contribution in [0.5, 0.6) is 0 Å². The molecule has 0 unspecified atom stereocenters. The highest BCUT2D eigenvalue weighted by molar-refractivity contribution is 7.13. The van der Waals surface area contributed by atoms with Gasteiger partial charge >= 0.3 is 0 Å². The van der Waals surface area contributed by atoms with Crippen molar-refractivity contribution in [2.75, 3.05) is 4.90 Å². The topological polar surface area (TPSA) is 94.1 Å². The smallest absolute Gasteiger partial charge is 0.260 e. The van der Waals surface area contributed by atoms with E-state index in [0.29, 0.717) is 23.4 Å². The third-order valence-electron chi connectivity index (χ3n) is 7.67. The Kier molecular flexibility index (Phi) is 6.67. The number of nitrogens with zero attached hydrogens (tertiary/aromatic N) is 4. The molecule has 0 spiro atoms. The Morgan fingerprint density at radius 3 is 2.45 bits per heavy atom. The molecule has 5 aromatic rings. The summed E-state index contributed by atoms with van der Waals surface area (Å²) < 4.78 is 15.2. The molecule has 3 aromatic carbocycles. The van der Waals surface area contributed by atoms with Gasteiger partial charge < -0.3 is 10.6 Å². The number of hydrogen-bond acceptors (Lipinski definition) is 5. The first-order chi connectivity index (χ1) is 19.4. The van der Waals surface area contributed by atoms with Crippen molar-refractivity contribution in [3.8, 4) is 5.69 Å². The molecular weight excluding hydrogens is 525 g/mol. The first-order valence-electron chi connectivity index (χ1n) is 13.2. The van der Waals surface area contributed by atoms with Crippen LogP contribution in [-0.4, -0.2) is 32.6 Å². The number of carbonyl (C=O) groups is 2. The molecule has 2 N–H and O–H groups in total. The predicted molar refractivity (Wildman–Crippen MR) is 154 cm³/mol. The first kappa shape index (κ1) is 25.9. The summed E-state index contributed by atoms with van der Waals surface area (Å²) >= 11 is 1.30. The van der Waals surface area contributed by atoms with Crippen molar-refractivity contribution in [3.63, 3.8) is 0 Å². The summed E-state index contributed by atoms with van der Waals surface area (Å²) in [4.78, 5) is 33.4. The number of amides is 2. The molecule has 1 aliphatic heterocycles. The molecule has 202 valence electrons. The zero-order valence-corrected chi connectivity index (χ0v) is 22.9. The highest BCUT2D eigenvalue weighted by Gasteiger charge is 2.50. The summed E-state index contributed by atoms with van der Waals surface area (Å²) in [7, 11) is 0. The summed E-state index contributed by atoms with van der Waals surface area (Å²) in [5.41, 5.74) is 9.69. The van der Waals surface area contributed by atoms with Crippen LogP contribution in [0.15, 0.2) is 79.0 Å². The molecule has 1 fully saturated rings. The SMILES string of the molecule is CC[C@@H]1[C@@H](c2nc(C)c(C(N)=O)s2)[C@H](Cc2ccccc2)C(=O)N1c1ccc2c(cnn2-c2ccc(F)cc2)c1. The van der Waals surface area contributed by atoms with E-state index in [0.717, 1.165) is 32.8 Å². The van der Waals surface area contributed by atoms with Crippen molar-refractivity contribution in [2.45, 2.75) is 38.6 Å². The molecule has 2 aromatic heterocycles. The molecule has 9 heteroatoms. The minimum absolute atomic E-state index is 0.0273. The molecule has 0 aliphatic carbocycles. The lowest BCUT2D eigenvalue weighted by Crippen LogP contribution is -2.34. The maximum absolute atomic E-state index is 14.2. The molecule has 6 rings (SSSR count). The normalized spacial score (nSPS) is 19.0. The molecule has 1 aliphatic rings. The van der Waals surface area contributed by atoms with E-state index in [2.05, 4.69) is 12.0 Å². The number of thiazole rings is 1. The van der Waals surface area contributed by atoms with E-state index in [-0.39, 0.29) is 29.6 Å².